The van der Waals surface area contributed by atoms with E-state index in [9.17, 15) is 4.79 Å². The fraction of sp³-hybridized carbons (Fsp3) is 0.533. The average molecular weight is 304 g/mol. The van der Waals surface area contributed by atoms with E-state index in [-0.39, 0.29) is 5.91 Å². The highest BCUT2D eigenvalue weighted by atomic mass is 32.2. The molecule has 2 aromatic rings. The van der Waals surface area contributed by atoms with Crippen LogP contribution in [0.15, 0.2) is 17.4 Å². The predicted octanol–water partition coefficient (Wildman–Crippen LogP) is 2.81. The fourth-order valence-electron chi connectivity index (χ4n) is 3.07. The molecule has 1 amide bonds. The molecule has 0 saturated heterocycles. The second-order valence-corrected chi connectivity index (χ2v) is 6.48. The van der Waals surface area contributed by atoms with Crippen molar-refractivity contribution in [3.05, 3.63) is 23.5 Å². The van der Waals surface area contributed by atoms with Gasteiger partial charge in [0.25, 0.3) is 5.91 Å². The van der Waals surface area contributed by atoms with E-state index in [1.54, 1.807) is 19.0 Å². The maximum absolute atomic E-state index is 12.5. The molecule has 0 N–H and O–H groups in total. The Bertz CT molecular complexity index is 674. The van der Waals surface area contributed by atoms with Crippen molar-refractivity contribution in [1.82, 2.24) is 19.5 Å². The number of amides is 1. The van der Waals surface area contributed by atoms with Crippen LogP contribution in [0.1, 0.15) is 47.7 Å². The van der Waals surface area contributed by atoms with Crippen LogP contribution in [-0.4, -0.2) is 45.8 Å². The van der Waals surface area contributed by atoms with Crippen LogP contribution in [0.5, 0.6) is 0 Å². The summed E-state index contributed by atoms with van der Waals surface area (Å²) in [6.07, 6.45) is 8.51. The van der Waals surface area contributed by atoms with E-state index in [0.29, 0.717) is 5.92 Å². The lowest BCUT2D eigenvalue weighted by Gasteiger charge is -2.15. The number of rotatable bonds is 3. The molecule has 0 aliphatic heterocycles. The summed E-state index contributed by atoms with van der Waals surface area (Å²) in [6.45, 7) is 0. The van der Waals surface area contributed by atoms with Gasteiger partial charge in [-0.1, -0.05) is 24.6 Å². The van der Waals surface area contributed by atoms with E-state index in [2.05, 4.69) is 10.1 Å². The van der Waals surface area contributed by atoms with Crippen LogP contribution < -0.4 is 0 Å². The molecule has 2 heterocycles. The number of nitrogens with zero attached hydrogens (tertiary/aromatic N) is 4. The number of carbonyl (C=O) groups is 1. The highest BCUT2D eigenvalue weighted by Crippen LogP contribution is 2.37. The van der Waals surface area contributed by atoms with Gasteiger partial charge in [0.2, 0.25) is 5.16 Å². The first kappa shape index (κ1) is 14.4. The van der Waals surface area contributed by atoms with Crippen molar-refractivity contribution in [2.45, 2.75) is 36.8 Å². The number of thioether (sulfide) groups is 1. The molecule has 2 aromatic heterocycles. The van der Waals surface area contributed by atoms with Crippen LogP contribution in [0.3, 0.4) is 0 Å². The molecule has 1 aliphatic rings. The molecule has 21 heavy (non-hydrogen) atoms. The molecule has 0 bridgehead atoms. The summed E-state index contributed by atoms with van der Waals surface area (Å²) in [7, 11) is 3.59. The molecular weight excluding hydrogens is 284 g/mol. The van der Waals surface area contributed by atoms with E-state index < -0.39 is 0 Å². The van der Waals surface area contributed by atoms with E-state index >= 15 is 0 Å². The van der Waals surface area contributed by atoms with Crippen LogP contribution in [0.25, 0.3) is 5.52 Å². The lowest BCUT2D eigenvalue weighted by atomic mass is 10.00. The van der Waals surface area contributed by atoms with Gasteiger partial charge in [0.1, 0.15) is 0 Å². The predicted molar refractivity (Wildman–Crippen MR) is 84.0 cm³/mol. The third-order valence-corrected chi connectivity index (χ3v) is 4.65. The number of fused-ring (bicyclic) bond motifs is 1. The Balaban J connectivity index is 2.20. The molecule has 112 valence electrons. The minimum Gasteiger partial charge on any atom is -0.345 e. The highest BCUT2D eigenvalue weighted by Gasteiger charge is 2.28. The molecule has 0 aromatic carbocycles. The smallest absolute Gasteiger partial charge is 0.255 e. The monoisotopic (exact) mass is 304 g/mol. The summed E-state index contributed by atoms with van der Waals surface area (Å²) in [5, 5.41) is 5.34. The molecule has 0 unspecified atom stereocenters. The molecule has 0 spiro atoms. The second-order valence-electron chi connectivity index (χ2n) is 5.71. The zero-order valence-corrected chi connectivity index (χ0v) is 13.5. The standard InChI is InChI=1S/C15H20N4OS/c1-18(2)14(20)12-8-11-9-16-15(21-3)17-19(11)13(12)10-6-4-5-7-10/h8-10H,4-7H2,1-3H3. The lowest BCUT2D eigenvalue weighted by molar-refractivity contribution is 0.0826. The summed E-state index contributed by atoms with van der Waals surface area (Å²) in [4.78, 5) is 18.5. The minimum absolute atomic E-state index is 0.0492. The quantitative estimate of drug-likeness (QED) is 0.818. The molecule has 1 saturated carbocycles. The molecule has 0 atom stereocenters. The molecule has 5 nitrogen and oxygen atoms in total. The maximum Gasteiger partial charge on any atom is 0.255 e. The van der Waals surface area contributed by atoms with Gasteiger partial charge in [-0.05, 0) is 25.2 Å². The first-order valence-corrected chi connectivity index (χ1v) is 8.48. The van der Waals surface area contributed by atoms with Crippen molar-refractivity contribution in [3.8, 4) is 0 Å². The van der Waals surface area contributed by atoms with Crippen molar-refractivity contribution in [3.63, 3.8) is 0 Å². The Hall–Kier alpha value is -1.56. The summed E-state index contributed by atoms with van der Waals surface area (Å²) in [6, 6.07) is 1.93. The fourth-order valence-corrected chi connectivity index (χ4v) is 3.39. The first-order chi connectivity index (χ1) is 10.1. The minimum atomic E-state index is 0.0492. The summed E-state index contributed by atoms with van der Waals surface area (Å²) in [5.41, 5.74) is 2.75. The van der Waals surface area contributed by atoms with Crippen molar-refractivity contribution in [2.75, 3.05) is 20.4 Å². The molecule has 1 aliphatic carbocycles. The SMILES string of the molecule is CSc1ncc2cc(C(=O)N(C)C)c(C3CCCC3)n2n1. The van der Waals surface area contributed by atoms with Crippen molar-refractivity contribution in [2.24, 2.45) is 0 Å². The third kappa shape index (κ3) is 2.52. The van der Waals surface area contributed by atoms with Gasteiger partial charge >= 0.3 is 0 Å². The Morgan fingerprint density at radius 3 is 2.71 bits per heavy atom. The number of hydrogen-bond donors (Lipinski definition) is 0. The summed E-state index contributed by atoms with van der Waals surface area (Å²) < 4.78 is 1.94. The first-order valence-electron chi connectivity index (χ1n) is 7.26. The van der Waals surface area contributed by atoms with Crippen LogP contribution >= 0.6 is 11.8 Å². The Labute approximate surface area is 128 Å². The van der Waals surface area contributed by atoms with Crippen LogP contribution in [0.4, 0.5) is 0 Å². The van der Waals surface area contributed by atoms with Gasteiger partial charge in [0, 0.05) is 20.0 Å². The summed E-state index contributed by atoms with van der Waals surface area (Å²) >= 11 is 1.52. The van der Waals surface area contributed by atoms with Gasteiger partial charge in [-0.2, -0.15) is 0 Å². The van der Waals surface area contributed by atoms with E-state index in [0.717, 1.165) is 34.8 Å². The molecule has 3 rings (SSSR count). The summed E-state index contributed by atoms with van der Waals surface area (Å²) in [5.74, 6) is 0.476. The van der Waals surface area contributed by atoms with Crippen molar-refractivity contribution >= 4 is 23.2 Å². The maximum atomic E-state index is 12.5. The van der Waals surface area contributed by atoms with Gasteiger partial charge < -0.3 is 4.90 Å². The van der Waals surface area contributed by atoms with Gasteiger partial charge in [-0.25, -0.2) is 9.50 Å². The average Bonchev–Trinajstić information content (AvgIpc) is 3.11. The third-order valence-electron chi connectivity index (χ3n) is 4.09. The molecule has 6 heteroatoms. The van der Waals surface area contributed by atoms with Crippen LogP contribution in [-0.2, 0) is 0 Å². The Morgan fingerprint density at radius 2 is 2.10 bits per heavy atom. The zero-order valence-electron chi connectivity index (χ0n) is 12.7. The number of aromatic nitrogens is 3. The van der Waals surface area contributed by atoms with Gasteiger partial charge in [-0.15, -0.1) is 5.10 Å². The number of hydrogen-bond acceptors (Lipinski definition) is 4. The van der Waals surface area contributed by atoms with E-state index in [1.165, 1.54) is 24.6 Å². The van der Waals surface area contributed by atoms with Crippen molar-refractivity contribution < 1.29 is 4.79 Å². The van der Waals surface area contributed by atoms with Crippen molar-refractivity contribution in [1.29, 1.82) is 0 Å². The van der Waals surface area contributed by atoms with Gasteiger partial charge in [0.05, 0.1) is 23.0 Å². The van der Waals surface area contributed by atoms with Crippen LogP contribution in [0, 0.1) is 0 Å². The molecule has 1 fully saturated rings. The molecule has 0 radical (unpaired) electrons. The Kier molecular flexibility index (Phi) is 3.89. The van der Waals surface area contributed by atoms with Crippen LogP contribution in [0.2, 0.25) is 0 Å². The molecular formula is C15H20N4OS. The topological polar surface area (TPSA) is 50.5 Å². The number of carbonyl (C=O) groups excluding carboxylic acids is 1. The largest absolute Gasteiger partial charge is 0.345 e. The van der Waals surface area contributed by atoms with E-state index in [1.807, 2.05) is 23.0 Å². The second kappa shape index (κ2) is 5.67. The van der Waals surface area contributed by atoms with Gasteiger partial charge in [-0.3, -0.25) is 4.79 Å². The zero-order chi connectivity index (χ0) is 15.0. The van der Waals surface area contributed by atoms with E-state index in [4.69, 9.17) is 0 Å². The lowest BCUT2D eigenvalue weighted by Crippen LogP contribution is -2.23. The normalized spacial score (nSPS) is 15.8. The van der Waals surface area contributed by atoms with Gasteiger partial charge in [0.15, 0.2) is 0 Å². The highest BCUT2D eigenvalue weighted by molar-refractivity contribution is 7.98. The Morgan fingerprint density at radius 1 is 1.38 bits per heavy atom.